The number of hydrogen-bond donors (Lipinski definition) is 0. The quantitative estimate of drug-likeness (QED) is 0.273. The summed E-state index contributed by atoms with van der Waals surface area (Å²) in [7, 11) is 0. The molecule has 0 unspecified atom stereocenters. The van der Waals surface area contributed by atoms with E-state index < -0.39 is 0 Å². The lowest BCUT2D eigenvalue weighted by Crippen LogP contribution is -1.89. The molecule has 0 nitrogen and oxygen atoms in total. The highest BCUT2D eigenvalue weighted by molar-refractivity contribution is 5.78. The second kappa shape index (κ2) is 10.9. The van der Waals surface area contributed by atoms with Gasteiger partial charge in [-0.1, -0.05) is 115 Å². The molecule has 0 heteroatoms. The Morgan fingerprint density at radius 2 is 1.29 bits per heavy atom. The van der Waals surface area contributed by atoms with Crippen molar-refractivity contribution in [2.45, 2.75) is 20.8 Å². The van der Waals surface area contributed by atoms with E-state index in [-0.39, 0.29) is 0 Å². The molecule has 154 valence electrons. The lowest BCUT2D eigenvalue weighted by Gasteiger charge is -2.09. The molecule has 0 aromatic heterocycles. The van der Waals surface area contributed by atoms with Crippen LogP contribution in [0, 0.1) is 13.8 Å². The Kier molecular flexibility index (Phi) is 7.79. The molecule has 0 fully saturated rings. The van der Waals surface area contributed by atoms with Crippen LogP contribution in [0.5, 0.6) is 0 Å². The van der Waals surface area contributed by atoms with Gasteiger partial charge in [0, 0.05) is 0 Å². The molecule has 0 aliphatic carbocycles. The molecule has 0 heterocycles. The molecule has 0 N–H and O–H groups in total. The van der Waals surface area contributed by atoms with Crippen molar-refractivity contribution in [1.29, 1.82) is 0 Å². The van der Waals surface area contributed by atoms with Gasteiger partial charge in [0.15, 0.2) is 0 Å². The van der Waals surface area contributed by atoms with Gasteiger partial charge in [-0.2, -0.15) is 0 Å². The standard InChI is InChI=1S/C31H30/c1-5-10-24(2)15-19-30-22-29(17-16-28-14-9-11-25(3)21-28)23-31(26(30)4)20-18-27-12-7-6-8-13-27/h5-23H,2H2,1,3-4H3/b10-5-,17-16+,19-15+,20-18+. The van der Waals surface area contributed by atoms with Crippen LogP contribution in [0.15, 0.2) is 97.1 Å². The van der Waals surface area contributed by atoms with E-state index in [0.717, 1.165) is 5.57 Å². The predicted octanol–water partition coefficient (Wildman–Crippen LogP) is 8.79. The lowest BCUT2D eigenvalue weighted by molar-refractivity contribution is 1.41. The molecule has 0 spiro atoms. The number of rotatable bonds is 7. The highest BCUT2D eigenvalue weighted by Gasteiger charge is 2.03. The monoisotopic (exact) mass is 402 g/mol. The van der Waals surface area contributed by atoms with Gasteiger partial charge in [0.25, 0.3) is 0 Å². The first-order valence-corrected chi connectivity index (χ1v) is 10.7. The van der Waals surface area contributed by atoms with Gasteiger partial charge in [-0.05, 0) is 71.9 Å². The average Bonchev–Trinajstić information content (AvgIpc) is 2.77. The second-order valence-corrected chi connectivity index (χ2v) is 7.72. The maximum Gasteiger partial charge on any atom is -0.0215 e. The van der Waals surface area contributed by atoms with Crippen LogP contribution in [0.25, 0.3) is 30.4 Å². The molecule has 0 radical (unpaired) electrons. The van der Waals surface area contributed by atoms with Crippen LogP contribution in [-0.2, 0) is 0 Å². The number of aryl methyl sites for hydroxylation is 1. The van der Waals surface area contributed by atoms with Gasteiger partial charge in [0.05, 0.1) is 0 Å². The molecule has 31 heavy (non-hydrogen) atoms. The molecule has 3 aromatic rings. The Bertz CT molecular complexity index is 1150. The second-order valence-electron chi connectivity index (χ2n) is 7.72. The summed E-state index contributed by atoms with van der Waals surface area (Å²) in [5, 5.41) is 0. The van der Waals surface area contributed by atoms with Crippen molar-refractivity contribution in [3.8, 4) is 0 Å². The van der Waals surface area contributed by atoms with Crippen molar-refractivity contribution >= 4 is 30.4 Å². The summed E-state index contributed by atoms with van der Waals surface area (Å²) in [6.07, 6.45) is 17.0. The van der Waals surface area contributed by atoms with E-state index in [1.165, 1.54) is 38.9 Å². The normalized spacial score (nSPS) is 12.0. The fourth-order valence-corrected chi connectivity index (χ4v) is 3.41. The van der Waals surface area contributed by atoms with Gasteiger partial charge in [-0.3, -0.25) is 0 Å². The summed E-state index contributed by atoms with van der Waals surface area (Å²) < 4.78 is 0. The zero-order valence-electron chi connectivity index (χ0n) is 18.7. The zero-order chi connectivity index (χ0) is 22.1. The molecule has 0 saturated heterocycles. The smallest absolute Gasteiger partial charge is 0.0215 e. The molecule has 0 aliphatic heterocycles. The molecule has 3 aromatic carbocycles. The van der Waals surface area contributed by atoms with Crippen molar-refractivity contribution in [1.82, 2.24) is 0 Å². The Hall–Kier alpha value is -3.64. The Labute approximate surface area is 187 Å². The number of hydrogen-bond acceptors (Lipinski definition) is 0. The van der Waals surface area contributed by atoms with E-state index in [9.17, 15) is 0 Å². The maximum atomic E-state index is 4.09. The minimum atomic E-state index is 0.990. The lowest BCUT2D eigenvalue weighted by atomic mass is 9.96. The number of allylic oxidation sites excluding steroid dienone is 4. The number of benzene rings is 3. The topological polar surface area (TPSA) is 0 Å². The molecule has 0 saturated carbocycles. The van der Waals surface area contributed by atoms with Crippen LogP contribution in [0.2, 0.25) is 0 Å². The Morgan fingerprint density at radius 3 is 2.00 bits per heavy atom. The van der Waals surface area contributed by atoms with Gasteiger partial charge in [0.1, 0.15) is 0 Å². The highest BCUT2D eigenvalue weighted by atomic mass is 14.1. The van der Waals surface area contributed by atoms with Crippen LogP contribution in [0.1, 0.15) is 45.9 Å². The first-order valence-electron chi connectivity index (χ1n) is 10.7. The maximum absolute atomic E-state index is 4.09. The van der Waals surface area contributed by atoms with Crippen LogP contribution in [0.4, 0.5) is 0 Å². The van der Waals surface area contributed by atoms with E-state index in [1.807, 2.05) is 25.1 Å². The third-order valence-electron chi connectivity index (χ3n) is 5.13. The summed E-state index contributed by atoms with van der Waals surface area (Å²) in [6.45, 7) is 10.4. The summed E-state index contributed by atoms with van der Waals surface area (Å²) in [4.78, 5) is 0. The molecule has 0 amide bonds. The van der Waals surface area contributed by atoms with Gasteiger partial charge in [-0.15, -0.1) is 0 Å². The molecule has 0 aliphatic rings. The van der Waals surface area contributed by atoms with Crippen molar-refractivity contribution in [2.75, 3.05) is 0 Å². The van der Waals surface area contributed by atoms with E-state index in [2.05, 4.69) is 118 Å². The SMILES string of the molecule is C=C(/C=C\C)/C=C/c1cc(/C=C/c2cccc(C)c2)cc(/C=C/c2ccccc2)c1C. The van der Waals surface area contributed by atoms with Crippen LogP contribution >= 0.6 is 0 Å². The van der Waals surface area contributed by atoms with E-state index in [4.69, 9.17) is 0 Å². The van der Waals surface area contributed by atoms with Crippen molar-refractivity contribution in [2.24, 2.45) is 0 Å². The van der Waals surface area contributed by atoms with Crippen LogP contribution in [-0.4, -0.2) is 0 Å². The van der Waals surface area contributed by atoms with E-state index >= 15 is 0 Å². The summed E-state index contributed by atoms with van der Waals surface area (Å²) >= 11 is 0. The first-order chi connectivity index (χ1) is 15.0. The van der Waals surface area contributed by atoms with Crippen molar-refractivity contribution < 1.29 is 0 Å². The highest BCUT2D eigenvalue weighted by Crippen LogP contribution is 2.23. The van der Waals surface area contributed by atoms with E-state index in [0.29, 0.717) is 0 Å². The fraction of sp³-hybridized carbons (Fsp3) is 0.0968. The van der Waals surface area contributed by atoms with Crippen LogP contribution in [0.3, 0.4) is 0 Å². The molecular formula is C31H30. The Balaban J connectivity index is 2.00. The predicted molar refractivity (Wildman–Crippen MR) is 140 cm³/mol. The molecule has 0 atom stereocenters. The van der Waals surface area contributed by atoms with Gasteiger partial charge >= 0.3 is 0 Å². The first kappa shape index (κ1) is 22.1. The minimum absolute atomic E-state index is 0.990. The summed E-state index contributed by atoms with van der Waals surface area (Å²) in [5.74, 6) is 0. The molecular weight excluding hydrogens is 372 g/mol. The minimum Gasteiger partial charge on any atom is -0.0918 e. The third-order valence-corrected chi connectivity index (χ3v) is 5.13. The largest absolute Gasteiger partial charge is 0.0918 e. The van der Waals surface area contributed by atoms with Crippen molar-refractivity contribution in [3.63, 3.8) is 0 Å². The van der Waals surface area contributed by atoms with Crippen LogP contribution < -0.4 is 0 Å². The van der Waals surface area contributed by atoms with Gasteiger partial charge in [-0.25, -0.2) is 0 Å². The fourth-order valence-electron chi connectivity index (χ4n) is 3.41. The van der Waals surface area contributed by atoms with Crippen molar-refractivity contribution in [3.05, 3.63) is 136 Å². The molecule has 0 bridgehead atoms. The average molecular weight is 403 g/mol. The summed E-state index contributed by atoms with van der Waals surface area (Å²) in [6, 6.07) is 23.4. The third kappa shape index (κ3) is 6.69. The summed E-state index contributed by atoms with van der Waals surface area (Å²) in [5.41, 5.74) is 9.51. The van der Waals surface area contributed by atoms with Gasteiger partial charge in [0.2, 0.25) is 0 Å². The zero-order valence-corrected chi connectivity index (χ0v) is 18.7. The van der Waals surface area contributed by atoms with E-state index in [1.54, 1.807) is 0 Å². The van der Waals surface area contributed by atoms with Gasteiger partial charge < -0.3 is 0 Å². The Morgan fingerprint density at radius 1 is 0.645 bits per heavy atom. The molecule has 3 rings (SSSR count).